The molecule has 5 nitrogen and oxygen atoms in total. The molecule has 1 aromatic carbocycles. The minimum absolute atomic E-state index is 0.0882. The van der Waals surface area contributed by atoms with Crippen LogP contribution in [0.5, 0.6) is 5.75 Å². The van der Waals surface area contributed by atoms with Crippen LogP contribution in [0.2, 0.25) is 0 Å². The van der Waals surface area contributed by atoms with Gasteiger partial charge in [0.2, 0.25) is 0 Å². The van der Waals surface area contributed by atoms with Gasteiger partial charge >= 0.3 is 6.03 Å². The summed E-state index contributed by atoms with van der Waals surface area (Å²) in [5.74, 6) is 1.20. The van der Waals surface area contributed by atoms with Crippen LogP contribution in [0.4, 0.5) is 10.6 Å². The number of hydrogen-bond acceptors (Lipinski definition) is 3. The summed E-state index contributed by atoms with van der Waals surface area (Å²) in [5, 5.41) is 5.22. The number of aryl methyl sites for hydroxylation is 2. The van der Waals surface area contributed by atoms with Gasteiger partial charge in [-0.1, -0.05) is 6.07 Å². The molecule has 0 saturated carbocycles. The van der Waals surface area contributed by atoms with E-state index in [9.17, 15) is 4.79 Å². The summed E-state index contributed by atoms with van der Waals surface area (Å²) in [6, 6.07) is 8.93. The molecular weight excluding hydrogens is 334 g/mol. The number of ether oxygens (including phenoxy) is 1. The summed E-state index contributed by atoms with van der Waals surface area (Å²) < 4.78 is 6.32. The van der Waals surface area contributed by atoms with Gasteiger partial charge < -0.3 is 10.1 Å². The van der Waals surface area contributed by atoms with E-state index >= 15 is 0 Å². The lowest BCUT2D eigenvalue weighted by Crippen LogP contribution is -2.32. The Morgan fingerprint density at radius 1 is 1.24 bits per heavy atom. The molecule has 1 heterocycles. The zero-order valence-electron chi connectivity index (χ0n) is 11.8. The maximum Gasteiger partial charge on any atom is 0.323 e. The van der Waals surface area contributed by atoms with E-state index in [1.54, 1.807) is 18.3 Å². The molecule has 0 unspecified atom stereocenters. The number of carbonyl (C=O) groups is 1. The molecule has 6 heteroatoms. The molecule has 1 aromatic heterocycles. The Bertz CT molecular complexity index is 629. The lowest BCUT2D eigenvalue weighted by atomic mass is 10.1. The quantitative estimate of drug-likeness (QED) is 0.828. The third-order valence-electron chi connectivity index (χ3n) is 2.92. The highest BCUT2D eigenvalue weighted by Gasteiger charge is 2.03. The highest BCUT2D eigenvalue weighted by Crippen LogP contribution is 2.16. The van der Waals surface area contributed by atoms with Crippen molar-refractivity contribution >= 4 is 27.8 Å². The largest absolute Gasteiger partial charge is 0.473 e. The Morgan fingerprint density at radius 3 is 2.71 bits per heavy atom. The number of hydrogen-bond donors (Lipinski definition) is 2. The average Bonchev–Trinajstić information content (AvgIpc) is 2.45. The fraction of sp³-hybridized carbons (Fsp3) is 0.200. The van der Waals surface area contributed by atoms with Gasteiger partial charge in [-0.3, -0.25) is 5.32 Å². The Balaban J connectivity index is 1.78. The van der Waals surface area contributed by atoms with E-state index in [0.717, 1.165) is 15.8 Å². The molecule has 2 rings (SSSR count). The molecule has 0 aliphatic rings. The molecule has 0 saturated heterocycles. The standard InChI is InChI=1S/C15H16BrN3O2/c1-10-3-5-13(7-11(10)2)21-9-18-15(20)19-14-6-4-12(16)8-17-14/h3-8H,9H2,1-2H3,(H2,17,18,19,20). The second kappa shape index (κ2) is 7.08. The third-order valence-corrected chi connectivity index (χ3v) is 3.39. The van der Waals surface area contributed by atoms with E-state index in [2.05, 4.69) is 31.5 Å². The van der Waals surface area contributed by atoms with Crippen LogP contribution in [0, 0.1) is 13.8 Å². The van der Waals surface area contributed by atoms with Crippen molar-refractivity contribution in [1.29, 1.82) is 0 Å². The Morgan fingerprint density at radius 2 is 2.05 bits per heavy atom. The van der Waals surface area contributed by atoms with E-state index in [-0.39, 0.29) is 12.8 Å². The number of benzene rings is 1. The van der Waals surface area contributed by atoms with E-state index in [0.29, 0.717) is 5.82 Å². The molecule has 2 aromatic rings. The maximum atomic E-state index is 11.7. The van der Waals surface area contributed by atoms with Crippen LogP contribution in [0.15, 0.2) is 41.0 Å². The van der Waals surface area contributed by atoms with Gasteiger partial charge in [0.1, 0.15) is 11.6 Å². The van der Waals surface area contributed by atoms with Crippen LogP contribution in [0.3, 0.4) is 0 Å². The first-order valence-electron chi connectivity index (χ1n) is 6.41. The number of aromatic nitrogens is 1. The van der Waals surface area contributed by atoms with Crippen molar-refractivity contribution in [3.8, 4) is 5.75 Å². The zero-order valence-corrected chi connectivity index (χ0v) is 13.4. The number of nitrogens with one attached hydrogen (secondary N) is 2. The van der Waals surface area contributed by atoms with Crippen molar-refractivity contribution < 1.29 is 9.53 Å². The van der Waals surface area contributed by atoms with Crippen molar-refractivity contribution in [3.63, 3.8) is 0 Å². The van der Waals surface area contributed by atoms with Gasteiger partial charge in [-0.15, -0.1) is 0 Å². The summed E-state index contributed by atoms with van der Waals surface area (Å²) in [7, 11) is 0. The molecule has 0 fully saturated rings. The van der Waals surface area contributed by atoms with E-state index in [1.165, 1.54) is 5.56 Å². The predicted molar refractivity (Wildman–Crippen MR) is 85.5 cm³/mol. The normalized spacial score (nSPS) is 10.0. The SMILES string of the molecule is Cc1ccc(OCNC(=O)Nc2ccc(Br)cn2)cc1C. The molecule has 110 valence electrons. The van der Waals surface area contributed by atoms with Gasteiger partial charge in [-0.25, -0.2) is 9.78 Å². The van der Waals surface area contributed by atoms with Crippen LogP contribution in [-0.2, 0) is 0 Å². The summed E-state index contributed by atoms with van der Waals surface area (Å²) >= 11 is 3.28. The van der Waals surface area contributed by atoms with Crippen LogP contribution in [0.1, 0.15) is 11.1 Å². The van der Waals surface area contributed by atoms with Crippen LogP contribution >= 0.6 is 15.9 Å². The van der Waals surface area contributed by atoms with Crippen LogP contribution in [0.25, 0.3) is 0 Å². The topological polar surface area (TPSA) is 63.2 Å². The number of rotatable bonds is 4. The second-order valence-electron chi connectivity index (χ2n) is 4.53. The lowest BCUT2D eigenvalue weighted by molar-refractivity contribution is 0.234. The minimum atomic E-state index is -0.367. The average molecular weight is 350 g/mol. The number of carbonyl (C=O) groups excluding carboxylic acids is 1. The molecule has 0 radical (unpaired) electrons. The third kappa shape index (κ3) is 4.75. The maximum absolute atomic E-state index is 11.7. The van der Waals surface area contributed by atoms with Gasteiger partial charge in [0.25, 0.3) is 0 Å². The van der Waals surface area contributed by atoms with Crippen molar-refractivity contribution in [2.45, 2.75) is 13.8 Å². The molecule has 2 N–H and O–H groups in total. The van der Waals surface area contributed by atoms with Crippen molar-refractivity contribution in [1.82, 2.24) is 10.3 Å². The number of urea groups is 1. The first kappa shape index (κ1) is 15.3. The smallest absolute Gasteiger partial charge is 0.323 e. The van der Waals surface area contributed by atoms with Gasteiger partial charge in [0.05, 0.1) is 0 Å². The molecule has 0 bridgehead atoms. The first-order chi connectivity index (χ1) is 10.0. The van der Waals surface area contributed by atoms with Crippen LogP contribution < -0.4 is 15.4 Å². The molecular formula is C15H16BrN3O2. The molecule has 0 aliphatic heterocycles. The fourth-order valence-electron chi connectivity index (χ4n) is 1.60. The Hall–Kier alpha value is -2.08. The van der Waals surface area contributed by atoms with Gasteiger partial charge in [0.15, 0.2) is 6.73 Å². The van der Waals surface area contributed by atoms with E-state index in [1.807, 2.05) is 32.0 Å². The highest BCUT2D eigenvalue weighted by molar-refractivity contribution is 9.10. The second-order valence-corrected chi connectivity index (χ2v) is 5.44. The fourth-order valence-corrected chi connectivity index (χ4v) is 1.83. The monoisotopic (exact) mass is 349 g/mol. The molecule has 0 aliphatic carbocycles. The molecule has 21 heavy (non-hydrogen) atoms. The Kier molecular flexibility index (Phi) is 5.16. The minimum Gasteiger partial charge on any atom is -0.473 e. The van der Waals surface area contributed by atoms with Crippen molar-refractivity contribution in [2.24, 2.45) is 0 Å². The number of pyridine rings is 1. The summed E-state index contributed by atoms with van der Waals surface area (Å²) in [6.45, 7) is 4.14. The summed E-state index contributed by atoms with van der Waals surface area (Å²) in [4.78, 5) is 15.7. The van der Waals surface area contributed by atoms with Gasteiger partial charge in [0, 0.05) is 10.7 Å². The first-order valence-corrected chi connectivity index (χ1v) is 7.20. The predicted octanol–water partition coefficient (Wildman–Crippen LogP) is 3.62. The van der Waals surface area contributed by atoms with Crippen LogP contribution in [-0.4, -0.2) is 17.7 Å². The lowest BCUT2D eigenvalue weighted by Gasteiger charge is -2.10. The van der Waals surface area contributed by atoms with E-state index in [4.69, 9.17) is 4.74 Å². The molecule has 0 atom stereocenters. The van der Waals surface area contributed by atoms with Gasteiger partial charge in [-0.05, 0) is 65.2 Å². The number of halogens is 1. The summed E-state index contributed by atoms with van der Waals surface area (Å²) in [5.41, 5.74) is 2.35. The number of anilines is 1. The van der Waals surface area contributed by atoms with Crippen molar-refractivity contribution in [2.75, 3.05) is 12.0 Å². The molecule has 2 amide bonds. The number of nitrogens with zero attached hydrogens (tertiary/aromatic N) is 1. The molecule has 0 spiro atoms. The number of amides is 2. The highest BCUT2D eigenvalue weighted by atomic mass is 79.9. The van der Waals surface area contributed by atoms with E-state index < -0.39 is 0 Å². The Labute approximate surface area is 131 Å². The summed E-state index contributed by atoms with van der Waals surface area (Å²) in [6.07, 6.45) is 1.61. The zero-order chi connectivity index (χ0) is 15.2. The van der Waals surface area contributed by atoms with Crippen molar-refractivity contribution in [3.05, 3.63) is 52.1 Å². The van der Waals surface area contributed by atoms with Gasteiger partial charge in [-0.2, -0.15) is 0 Å².